The van der Waals surface area contributed by atoms with E-state index >= 15 is 4.79 Å². The van der Waals surface area contributed by atoms with Crippen molar-refractivity contribution in [3.63, 3.8) is 0 Å². The van der Waals surface area contributed by atoms with Crippen LogP contribution in [0, 0.1) is 44.3 Å². The highest BCUT2D eigenvalue weighted by Gasteiger charge is 2.76. The smallest absolute Gasteiger partial charge is 0.315 e. The summed E-state index contributed by atoms with van der Waals surface area (Å²) in [6.07, 6.45) is -6.95. The van der Waals surface area contributed by atoms with Crippen LogP contribution in [-0.4, -0.2) is 115 Å². The molecule has 0 N–H and O–H groups in total. The number of ketones is 2. The van der Waals surface area contributed by atoms with Gasteiger partial charge in [0.1, 0.15) is 31.2 Å². The molecule has 6 aliphatic rings. The van der Waals surface area contributed by atoms with Gasteiger partial charge in [-0.1, -0.05) is 33.8 Å². The molecule has 0 unspecified atom stereocenters. The number of rotatable bonds is 11. The molecule has 1 saturated heterocycles. The summed E-state index contributed by atoms with van der Waals surface area (Å²) in [5.74, 6) is -8.95. The van der Waals surface area contributed by atoms with Gasteiger partial charge in [0.2, 0.25) is 12.4 Å². The fourth-order valence-electron chi connectivity index (χ4n) is 13.3. The molecule has 1 aliphatic heterocycles. The van der Waals surface area contributed by atoms with E-state index in [0.29, 0.717) is 32.1 Å². The van der Waals surface area contributed by atoms with Crippen molar-refractivity contribution in [2.75, 3.05) is 13.2 Å². The number of Topliss-reactive ketones (excluding diaryl/α,β-unsaturated/α-hetero) is 2. The number of ether oxygens (including phenoxy) is 9. The molecule has 0 aromatic carbocycles. The molecule has 376 valence electrons. The second-order valence-electron chi connectivity index (χ2n) is 21.0. The zero-order valence-corrected chi connectivity index (χ0v) is 41.1. The molecule has 0 aromatic rings. The van der Waals surface area contributed by atoms with Crippen molar-refractivity contribution in [2.24, 2.45) is 44.3 Å². The van der Waals surface area contributed by atoms with E-state index < -0.39 is 160 Å². The van der Waals surface area contributed by atoms with Gasteiger partial charge in [0, 0.05) is 60.3 Å². The third kappa shape index (κ3) is 8.84. The Balaban J connectivity index is 1.57. The van der Waals surface area contributed by atoms with Gasteiger partial charge in [-0.05, 0) is 80.1 Å². The van der Waals surface area contributed by atoms with Crippen molar-refractivity contribution >= 4 is 59.3 Å². The third-order valence-corrected chi connectivity index (χ3v) is 16.4. The minimum absolute atomic E-state index is 0.0105. The fraction of sp³-hybridized carbons (Fsp3) is 0.755. The lowest BCUT2D eigenvalue weighted by Gasteiger charge is -2.69. The first-order valence-corrected chi connectivity index (χ1v) is 23.3. The first kappa shape index (κ1) is 52.2. The Hall–Kier alpha value is -5.20. The molecule has 4 saturated carbocycles. The SMILES string of the molecule is CC(=O)OC[C@H]1O[C@@H](OC(=O)[C@]23C[C@@H](OC(C)=O)C(=O)[C@@](C)(COC(C)=O)[C@H]2CC[C@]2(C)[C@@H]3CC=C3[C@@H](OC(C)=O)[C@@]4(CCC(C)(C)C4=O)CC[C@]32C)[C@H](OC(C)=O)[C@@H](OC(C)=O)[C@@H]1OC(C)=O. The summed E-state index contributed by atoms with van der Waals surface area (Å²) in [6.45, 7) is 16.1. The average Bonchev–Trinajstić information content (AvgIpc) is 3.45. The maximum atomic E-state index is 16.2. The van der Waals surface area contributed by atoms with Gasteiger partial charge in [-0.3, -0.25) is 47.9 Å². The van der Waals surface area contributed by atoms with Crippen molar-refractivity contribution in [1.29, 1.82) is 0 Å². The first-order chi connectivity index (χ1) is 31.5. The number of allylic oxidation sites excluding steroid dienone is 1. The maximum absolute atomic E-state index is 16.2. The highest BCUT2D eigenvalue weighted by molar-refractivity contribution is 5.95. The minimum Gasteiger partial charge on any atom is -0.465 e. The zero-order chi connectivity index (χ0) is 50.7. The van der Waals surface area contributed by atoms with Crippen LogP contribution in [0.4, 0.5) is 0 Å². The molecule has 19 heteroatoms. The van der Waals surface area contributed by atoms with E-state index in [1.54, 1.807) is 6.92 Å². The Morgan fingerprint density at radius 3 is 1.72 bits per heavy atom. The molecule has 0 amide bonds. The maximum Gasteiger partial charge on any atom is 0.315 e. The van der Waals surface area contributed by atoms with E-state index in [4.69, 9.17) is 42.6 Å². The monoisotopic (exact) mass is 958 g/mol. The van der Waals surface area contributed by atoms with Crippen LogP contribution in [0.5, 0.6) is 0 Å². The molecule has 19 nitrogen and oxygen atoms in total. The summed E-state index contributed by atoms with van der Waals surface area (Å²) in [6, 6.07) is 0. The first-order valence-electron chi connectivity index (χ1n) is 23.3. The van der Waals surface area contributed by atoms with Crippen LogP contribution in [0.15, 0.2) is 11.6 Å². The van der Waals surface area contributed by atoms with E-state index in [9.17, 15) is 43.2 Å². The molecular formula is C49H66O19. The highest BCUT2D eigenvalue weighted by atomic mass is 16.7. The van der Waals surface area contributed by atoms with Crippen LogP contribution in [0.3, 0.4) is 0 Å². The van der Waals surface area contributed by atoms with E-state index in [0.717, 1.165) is 40.2 Å². The summed E-state index contributed by atoms with van der Waals surface area (Å²) >= 11 is 0. The van der Waals surface area contributed by atoms with Gasteiger partial charge < -0.3 is 42.6 Å². The predicted octanol–water partition coefficient (Wildman–Crippen LogP) is 4.54. The van der Waals surface area contributed by atoms with E-state index in [1.807, 2.05) is 33.8 Å². The van der Waals surface area contributed by atoms with Crippen molar-refractivity contribution < 1.29 is 90.6 Å². The molecule has 68 heavy (non-hydrogen) atoms. The van der Waals surface area contributed by atoms with Crippen molar-refractivity contribution in [1.82, 2.24) is 0 Å². The van der Waals surface area contributed by atoms with Gasteiger partial charge in [-0.25, -0.2) is 0 Å². The number of carbonyl (C=O) groups is 10. The predicted molar refractivity (Wildman–Crippen MR) is 231 cm³/mol. The summed E-state index contributed by atoms with van der Waals surface area (Å²) in [7, 11) is 0. The van der Waals surface area contributed by atoms with Crippen LogP contribution in [0.25, 0.3) is 0 Å². The summed E-state index contributed by atoms with van der Waals surface area (Å²) in [4.78, 5) is 134. The van der Waals surface area contributed by atoms with Crippen molar-refractivity contribution in [3.8, 4) is 0 Å². The highest BCUT2D eigenvalue weighted by Crippen LogP contribution is 2.75. The molecule has 0 radical (unpaired) electrons. The van der Waals surface area contributed by atoms with Crippen molar-refractivity contribution in [2.45, 2.75) is 177 Å². The topological polar surface area (TPSA) is 254 Å². The molecule has 1 heterocycles. The quantitative estimate of drug-likeness (QED) is 0.156. The Morgan fingerprint density at radius 1 is 0.618 bits per heavy atom. The van der Waals surface area contributed by atoms with E-state index in [1.165, 1.54) is 13.8 Å². The van der Waals surface area contributed by atoms with Gasteiger partial charge in [0.05, 0.1) is 16.2 Å². The molecular weight excluding hydrogens is 893 g/mol. The van der Waals surface area contributed by atoms with Crippen LogP contribution >= 0.6 is 0 Å². The zero-order valence-electron chi connectivity index (χ0n) is 41.1. The number of carbonyl (C=O) groups excluding carboxylic acids is 10. The number of hydrogen-bond acceptors (Lipinski definition) is 19. The molecule has 5 fully saturated rings. The lowest BCUT2D eigenvalue weighted by molar-refractivity contribution is -0.308. The standard InChI is InChI=1S/C49H66O19/c1-24(50)60-22-33-36(63-27(4)53)37(64-28(5)54)38(65-29(6)55)41(67-33)68-43(59)49-21-32(62-26(3)52)39(57)45(10,23-61-25(2)51)34(49)15-16-47(12)35(49)14-13-31-40(66-30(7)56)48(20-18-46(31,47)11)19-17-44(8,9)42(48)58/h13,32-38,40-41H,14-23H2,1-12H3/t32-,33-,34-,35+,36-,37+,38-,40-,41+,45+,46-,47-,48-,49-/m1/s1. The fourth-order valence-corrected chi connectivity index (χ4v) is 13.3. The molecule has 14 atom stereocenters. The van der Waals surface area contributed by atoms with Crippen LogP contribution < -0.4 is 0 Å². The summed E-state index contributed by atoms with van der Waals surface area (Å²) < 4.78 is 52.4. The Labute approximate surface area is 395 Å². The molecule has 0 aromatic heterocycles. The van der Waals surface area contributed by atoms with Crippen LogP contribution in [0.1, 0.15) is 134 Å². The number of hydrogen-bond donors (Lipinski definition) is 0. The van der Waals surface area contributed by atoms with Crippen LogP contribution in [0.2, 0.25) is 0 Å². The third-order valence-electron chi connectivity index (χ3n) is 16.4. The molecule has 0 bridgehead atoms. The van der Waals surface area contributed by atoms with Gasteiger partial charge in [-0.15, -0.1) is 0 Å². The normalized spacial score (nSPS) is 39.1. The Morgan fingerprint density at radius 2 is 1.18 bits per heavy atom. The molecule has 1 spiro atoms. The lowest BCUT2D eigenvalue weighted by Crippen LogP contribution is -2.71. The van der Waals surface area contributed by atoms with Gasteiger partial charge in [0.15, 0.2) is 24.1 Å². The Bertz CT molecular complexity index is 2180. The average molecular weight is 959 g/mol. The van der Waals surface area contributed by atoms with E-state index in [2.05, 4.69) is 0 Å². The van der Waals surface area contributed by atoms with Gasteiger partial charge in [0.25, 0.3) is 0 Å². The van der Waals surface area contributed by atoms with Crippen LogP contribution in [-0.2, 0) is 90.6 Å². The summed E-state index contributed by atoms with van der Waals surface area (Å²) in [5.41, 5.74) is -6.22. The number of esters is 8. The summed E-state index contributed by atoms with van der Waals surface area (Å²) in [5, 5.41) is 0. The van der Waals surface area contributed by atoms with Gasteiger partial charge >= 0.3 is 47.8 Å². The lowest BCUT2D eigenvalue weighted by atomic mass is 9.34. The Kier molecular flexibility index (Phi) is 14.3. The minimum atomic E-state index is -1.96. The number of fused-ring (bicyclic) bond motifs is 5. The second kappa shape index (κ2) is 18.6. The van der Waals surface area contributed by atoms with Gasteiger partial charge in [-0.2, -0.15) is 0 Å². The molecule has 5 aliphatic carbocycles. The van der Waals surface area contributed by atoms with E-state index in [-0.39, 0.29) is 18.6 Å². The second-order valence-corrected chi connectivity index (χ2v) is 21.0. The largest absolute Gasteiger partial charge is 0.465 e. The van der Waals surface area contributed by atoms with Crippen molar-refractivity contribution in [3.05, 3.63) is 11.6 Å². The molecule has 6 rings (SSSR count).